The largest absolute Gasteiger partial charge is 0.455 e. The molecule has 0 bridgehead atoms. The molecule has 0 saturated carbocycles. The van der Waals surface area contributed by atoms with Gasteiger partial charge in [0, 0.05) is 5.39 Å². The van der Waals surface area contributed by atoms with E-state index >= 15 is 0 Å². The number of ether oxygens (including phenoxy) is 1. The molecule has 3 aromatic carbocycles. The molecule has 0 amide bonds. The fraction of sp³-hybridized carbons (Fsp3) is 0. The van der Waals surface area contributed by atoms with Crippen molar-refractivity contribution in [3.05, 3.63) is 46.6 Å². The Hall–Kier alpha value is -1.74. The van der Waals surface area contributed by atoms with Gasteiger partial charge in [0.15, 0.2) is 5.43 Å². The van der Waals surface area contributed by atoms with E-state index in [2.05, 4.69) is 0 Å². The van der Waals surface area contributed by atoms with Crippen LogP contribution in [0, 0.1) is 0 Å². The molecule has 0 radical (unpaired) electrons. The molecule has 16 heavy (non-hydrogen) atoms. The lowest BCUT2D eigenvalue weighted by Gasteiger charge is -2.18. The number of hydrogen-bond acceptors (Lipinski definition) is 3. The molecule has 1 aliphatic rings. The lowest BCUT2D eigenvalue weighted by molar-refractivity contribution is 0.456. The van der Waals surface area contributed by atoms with Gasteiger partial charge in [0.2, 0.25) is 0 Å². The van der Waals surface area contributed by atoms with Crippen LogP contribution in [0.5, 0.6) is 11.5 Å². The Bertz CT molecular complexity index is 735. The predicted molar refractivity (Wildman–Crippen MR) is 63.2 cm³/mol. The monoisotopic (exact) mass is 226 g/mol. The van der Waals surface area contributed by atoms with Gasteiger partial charge in [0.1, 0.15) is 11.5 Å². The Balaban J connectivity index is 1.97. The van der Waals surface area contributed by atoms with Gasteiger partial charge in [0.05, 0.1) is 15.2 Å². The average molecular weight is 226 g/mol. The summed E-state index contributed by atoms with van der Waals surface area (Å²) in [5.74, 6) is 1.67. The summed E-state index contributed by atoms with van der Waals surface area (Å²) in [6, 6.07) is 11.6. The van der Waals surface area contributed by atoms with E-state index in [9.17, 15) is 4.79 Å². The third kappa shape index (κ3) is 0.959. The van der Waals surface area contributed by atoms with Crippen LogP contribution in [0.15, 0.2) is 51.0 Å². The van der Waals surface area contributed by atoms with Gasteiger partial charge in [-0.25, -0.2) is 0 Å². The molecule has 3 aromatic rings. The van der Waals surface area contributed by atoms with Gasteiger partial charge in [0.25, 0.3) is 0 Å². The lowest BCUT2D eigenvalue weighted by Crippen LogP contribution is -1.93. The average Bonchev–Trinajstić information content (AvgIpc) is 2.98. The Kier molecular flexibility index (Phi) is 1.41. The molecule has 0 fully saturated rings. The third-order valence-corrected chi connectivity index (χ3v) is 3.98. The first kappa shape index (κ1) is 8.42. The molecule has 0 spiro atoms. The van der Waals surface area contributed by atoms with Crippen LogP contribution >= 0.6 is 11.8 Å². The van der Waals surface area contributed by atoms with Crippen LogP contribution in [0.1, 0.15) is 0 Å². The van der Waals surface area contributed by atoms with Crippen molar-refractivity contribution >= 4 is 22.5 Å². The van der Waals surface area contributed by atoms with Gasteiger partial charge in [-0.2, -0.15) is 0 Å². The Morgan fingerprint density at radius 1 is 1.00 bits per heavy atom. The van der Waals surface area contributed by atoms with Crippen LogP contribution in [0.25, 0.3) is 10.8 Å². The van der Waals surface area contributed by atoms with Crippen LogP contribution in [0.2, 0.25) is 0 Å². The van der Waals surface area contributed by atoms with Crippen LogP contribution in [-0.2, 0) is 0 Å². The molecule has 2 nitrogen and oxygen atoms in total. The summed E-state index contributed by atoms with van der Waals surface area (Å²) in [6.07, 6.45) is 0. The first-order chi connectivity index (χ1) is 7.84. The number of benzene rings is 2. The van der Waals surface area contributed by atoms with Crippen LogP contribution < -0.4 is 10.2 Å². The predicted octanol–water partition coefficient (Wildman–Crippen LogP) is 3.33. The van der Waals surface area contributed by atoms with Crippen molar-refractivity contribution in [3.8, 4) is 11.5 Å². The van der Waals surface area contributed by atoms with Crippen molar-refractivity contribution in [2.45, 2.75) is 9.79 Å². The zero-order valence-corrected chi connectivity index (χ0v) is 9.01. The van der Waals surface area contributed by atoms with E-state index in [0.717, 1.165) is 32.1 Å². The van der Waals surface area contributed by atoms with Crippen molar-refractivity contribution in [1.82, 2.24) is 0 Å². The highest BCUT2D eigenvalue weighted by atomic mass is 32.2. The highest BCUT2D eigenvalue weighted by Crippen LogP contribution is 2.50. The summed E-state index contributed by atoms with van der Waals surface area (Å²) in [7, 11) is 0. The topological polar surface area (TPSA) is 26.3 Å². The van der Waals surface area contributed by atoms with Crippen molar-refractivity contribution in [2.75, 3.05) is 0 Å². The third-order valence-electron chi connectivity index (χ3n) is 2.81. The van der Waals surface area contributed by atoms with Gasteiger partial charge < -0.3 is 4.74 Å². The van der Waals surface area contributed by atoms with Gasteiger partial charge >= 0.3 is 0 Å². The Morgan fingerprint density at radius 2 is 1.88 bits per heavy atom. The maximum absolute atomic E-state index is 11.5. The molecule has 0 unspecified atom stereocenters. The van der Waals surface area contributed by atoms with E-state index in [1.165, 1.54) is 0 Å². The van der Waals surface area contributed by atoms with Crippen molar-refractivity contribution < 1.29 is 4.74 Å². The van der Waals surface area contributed by atoms with Crippen molar-refractivity contribution in [1.29, 1.82) is 0 Å². The van der Waals surface area contributed by atoms with E-state index in [-0.39, 0.29) is 5.43 Å². The van der Waals surface area contributed by atoms with Gasteiger partial charge in [-0.3, -0.25) is 4.79 Å². The normalized spacial score (nSPS) is 13.5. The molecule has 0 atom stereocenters. The van der Waals surface area contributed by atoms with E-state index in [1.807, 2.05) is 36.4 Å². The standard InChI is InChI=1S/C13H6O2S/c14-12-7-5-6-9-13(11(7)12)16-10-4-2-1-3-8(10)15-9/h1-6H. The lowest BCUT2D eigenvalue weighted by atomic mass is 10.3. The first-order valence-electron chi connectivity index (χ1n) is 5.01. The molecule has 4 rings (SSSR count). The molecule has 0 N–H and O–H groups in total. The van der Waals surface area contributed by atoms with Gasteiger partial charge in [-0.1, -0.05) is 23.9 Å². The van der Waals surface area contributed by atoms with Crippen LogP contribution in [0.3, 0.4) is 0 Å². The van der Waals surface area contributed by atoms with E-state index in [0.29, 0.717) is 0 Å². The molecule has 0 aromatic heterocycles. The molecule has 0 aliphatic carbocycles. The van der Waals surface area contributed by atoms with E-state index in [1.54, 1.807) is 11.8 Å². The summed E-state index contributed by atoms with van der Waals surface area (Å²) in [5.41, 5.74) is 0.164. The summed E-state index contributed by atoms with van der Waals surface area (Å²) in [4.78, 5) is 13.5. The number of hydrogen-bond donors (Lipinski definition) is 0. The minimum absolute atomic E-state index is 0.164. The minimum Gasteiger partial charge on any atom is -0.455 e. The summed E-state index contributed by atoms with van der Waals surface area (Å²) < 4.78 is 5.77. The number of para-hydroxylation sites is 1. The van der Waals surface area contributed by atoms with E-state index in [4.69, 9.17) is 4.74 Å². The van der Waals surface area contributed by atoms with Crippen LogP contribution in [0.4, 0.5) is 0 Å². The SMILES string of the molecule is O=c1c2ccc3c(c12)Sc1ccccc1O3. The molecule has 3 heteroatoms. The summed E-state index contributed by atoms with van der Waals surface area (Å²) in [6.45, 7) is 0. The second kappa shape index (κ2) is 2.68. The summed E-state index contributed by atoms with van der Waals surface area (Å²) in [5, 5.41) is 1.69. The minimum atomic E-state index is 0.164. The smallest absolute Gasteiger partial charge is 0.195 e. The highest BCUT2D eigenvalue weighted by molar-refractivity contribution is 7.99. The zero-order valence-electron chi connectivity index (χ0n) is 8.19. The second-order valence-corrected chi connectivity index (χ2v) is 4.85. The van der Waals surface area contributed by atoms with E-state index < -0.39 is 0 Å². The Morgan fingerprint density at radius 3 is 2.81 bits per heavy atom. The molecule has 76 valence electrons. The van der Waals surface area contributed by atoms with Crippen molar-refractivity contribution in [3.63, 3.8) is 0 Å². The molecule has 0 saturated heterocycles. The fourth-order valence-corrected chi connectivity index (χ4v) is 3.05. The maximum atomic E-state index is 11.5. The van der Waals surface area contributed by atoms with Gasteiger partial charge in [-0.05, 0) is 24.3 Å². The first-order valence-corrected chi connectivity index (χ1v) is 5.83. The second-order valence-electron chi connectivity index (χ2n) is 3.80. The van der Waals surface area contributed by atoms with Crippen molar-refractivity contribution in [2.24, 2.45) is 0 Å². The quantitative estimate of drug-likeness (QED) is 0.460. The molecular formula is C13H6O2S. The maximum Gasteiger partial charge on any atom is 0.195 e. The molecular weight excluding hydrogens is 220 g/mol. The number of fused-ring (bicyclic) bond motifs is 4. The zero-order chi connectivity index (χ0) is 10.7. The Labute approximate surface area is 95.5 Å². The number of rotatable bonds is 0. The summed E-state index contributed by atoms with van der Waals surface area (Å²) >= 11 is 1.62. The highest BCUT2D eigenvalue weighted by Gasteiger charge is 2.26. The molecule has 1 aliphatic heterocycles. The fourth-order valence-electron chi connectivity index (χ4n) is 1.96. The van der Waals surface area contributed by atoms with Gasteiger partial charge in [-0.15, -0.1) is 0 Å². The molecule has 1 heterocycles. The van der Waals surface area contributed by atoms with Crippen LogP contribution in [-0.4, -0.2) is 0 Å².